The topological polar surface area (TPSA) is 67.6 Å². The van der Waals surface area contributed by atoms with Gasteiger partial charge < -0.3 is 4.74 Å². The minimum absolute atomic E-state index is 0.306. The van der Waals surface area contributed by atoms with E-state index in [0.29, 0.717) is 17.9 Å². The van der Waals surface area contributed by atoms with E-state index in [4.69, 9.17) is 10.6 Å². The number of benzene rings is 1. The number of carbonyl (C=O) groups excluding carboxylic acids is 1. The highest BCUT2D eigenvalue weighted by Gasteiger charge is 2.09. The first kappa shape index (κ1) is 15.2. The van der Waals surface area contributed by atoms with Gasteiger partial charge >= 0.3 is 0 Å². The molecule has 0 aromatic heterocycles. The molecule has 3 N–H and O–H groups in total. The number of thioether (sulfide) groups is 1. The molecule has 6 heteroatoms. The second-order valence-corrected chi connectivity index (χ2v) is 5.88. The third-order valence-corrected chi connectivity index (χ3v) is 4.27. The van der Waals surface area contributed by atoms with E-state index in [1.54, 1.807) is 18.2 Å². The van der Waals surface area contributed by atoms with E-state index in [-0.39, 0.29) is 5.91 Å². The molecule has 0 saturated carbocycles. The zero-order valence-corrected chi connectivity index (χ0v) is 12.3. The summed E-state index contributed by atoms with van der Waals surface area (Å²) in [5.41, 5.74) is 2.63. The molecule has 1 amide bonds. The summed E-state index contributed by atoms with van der Waals surface area (Å²) < 4.78 is 5.72. The average molecular weight is 295 g/mol. The van der Waals surface area contributed by atoms with Crippen molar-refractivity contribution in [2.24, 2.45) is 5.84 Å². The summed E-state index contributed by atoms with van der Waals surface area (Å²) in [6.45, 7) is 3.84. The molecule has 1 aliphatic rings. The smallest absolute Gasteiger partial charge is 0.265 e. The van der Waals surface area contributed by atoms with Gasteiger partial charge in [-0.1, -0.05) is 6.07 Å². The second-order valence-electron chi connectivity index (χ2n) is 4.66. The van der Waals surface area contributed by atoms with Crippen molar-refractivity contribution in [1.82, 2.24) is 10.3 Å². The van der Waals surface area contributed by atoms with Gasteiger partial charge in [0, 0.05) is 24.4 Å². The first-order valence-electron chi connectivity index (χ1n) is 6.83. The third-order valence-electron chi connectivity index (χ3n) is 3.22. The third kappa shape index (κ3) is 4.70. The number of ether oxygens (including phenoxy) is 1. The molecule has 0 bridgehead atoms. The van der Waals surface area contributed by atoms with Crippen LogP contribution in [0.2, 0.25) is 0 Å². The Bertz CT molecular complexity index is 434. The Morgan fingerprint density at radius 1 is 1.40 bits per heavy atom. The maximum absolute atomic E-state index is 11.4. The van der Waals surface area contributed by atoms with E-state index < -0.39 is 0 Å². The number of nitrogen functional groups attached to an aromatic ring is 1. The summed E-state index contributed by atoms with van der Waals surface area (Å²) in [7, 11) is 0. The van der Waals surface area contributed by atoms with Crippen LogP contribution in [0.3, 0.4) is 0 Å². The van der Waals surface area contributed by atoms with Crippen LogP contribution in [0.5, 0.6) is 5.75 Å². The number of nitrogens with two attached hydrogens (primary N) is 1. The lowest BCUT2D eigenvalue weighted by Crippen LogP contribution is -2.30. The minimum atomic E-state index is -0.306. The van der Waals surface area contributed by atoms with Crippen molar-refractivity contribution in [2.75, 3.05) is 37.7 Å². The lowest BCUT2D eigenvalue weighted by atomic mass is 10.2. The van der Waals surface area contributed by atoms with Crippen LogP contribution < -0.4 is 16.0 Å². The average Bonchev–Trinajstić information content (AvgIpc) is 2.75. The van der Waals surface area contributed by atoms with Gasteiger partial charge in [-0.05, 0) is 36.9 Å². The van der Waals surface area contributed by atoms with Crippen LogP contribution in [0.1, 0.15) is 16.8 Å². The Morgan fingerprint density at radius 3 is 3.15 bits per heavy atom. The Labute approximate surface area is 123 Å². The lowest BCUT2D eigenvalue weighted by molar-refractivity contribution is 0.0953. The van der Waals surface area contributed by atoms with Gasteiger partial charge in [0.2, 0.25) is 0 Å². The van der Waals surface area contributed by atoms with Gasteiger partial charge in [-0.25, -0.2) is 5.84 Å². The summed E-state index contributed by atoms with van der Waals surface area (Å²) in [5, 5.41) is 0. The number of nitrogens with one attached hydrogen (secondary N) is 1. The van der Waals surface area contributed by atoms with Gasteiger partial charge in [-0.2, -0.15) is 11.8 Å². The molecule has 1 saturated heterocycles. The van der Waals surface area contributed by atoms with Crippen molar-refractivity contribution in [2.45, 2.75) is 6.42 Å². The summed E-state index contributed by atoms with van der Waals surface area (Å²) >= 11 is 2.02. The van der Waals surface area contributed by atoms with Gasteiger partial charge in [-0.15, -0.1) is 0 Å². The summed E-state index contributed by atoms with van der Waals surface area (Å²) in [4.78, 5) is 13.8. The Balaban J connectivity index is 1.80. The zero-order chi connectivity index (χ0) is 14.2. The monoisotopic (exact) mass is 295 g/mol. The van der Waals surface area contributed by atoms with Crippen LogP contribution in [-0.2, 0) is 0 Å². The van der Waals surface area contributed by atoms with E-state index in [1.165, 1.54) is 17.9 Å². The van der Waals surface area contributed by atoms with Crippen LogP contribution in [-0.4, -0.2) is 48.6 Å². The molecule has 0 radical (unpaired) electrons. The summed E-state index contributed by atoms with van der Waals surface area (Å²) in [6.07, 6.45) is 1.25. The molecule has 20 heavy (non-hydrogen) atoms. The van der Waals surface area contributed by atoms with Crippen LogP contribution in [0.4, 0.5) is 0 Å². The molecule has 0 spiro atoms. The van der Waals surface area contributed by atoms with Gasteiger partial charge in [-0.3, -0.25) is 15.1 Å². The highest BCUT2D eigenvalue weighted by molar-refractivity contribution is 7.99. The summed E-state index contributed by atoms with van der Waals surface area (Å²) in [5.74, 6) is 7.97. The van der Waals surface area contributed by atoms with Gasteiger partial charge in [0.05, 0.1) is 0 Å². The largest absolute Gasteiger partial charge is 0.492 e. The molecule has 1 aromatic rings. The molecular formula is C14H21N3O2S. The fourth-order valence-corrected chi connectivity index (χ4v) is 3.05. The number of carbonyl (C=O) groups is 1. The van der Waals surface area contributed by atoms with Crippen molar-refractivity contribution < 1.29 is 9.53 Å². The van der Waals surface area contributed by atoms with Gasteiger partial charge in [0.1, 0.15) is 12.4 Å². The second kappa shape index (κ2) is 8.14. The number of hydrogen-bond acceptors (Lipinski definition) is 5. The normalized spacial score (nSPS) is 16.4. The number of hydrazine groups is 1. The molecule has 5 nitrogen and oxygen atoms in total. The molecule has 1 fully saturated rings. The molecule has 110 valence electrons. The number of rotatable bonds is 5. The number of nitrogens with zero attached hydrogens (tertiary/aromatic N) is 1. The fourth-order valence-electron chi connectivity index (χ4n) is 2.12. The SMILES string of the molecule is NNC(=O)c1cccc(OCCN2CCCSCC2)c1. The van der Waals surface area contributed by atoms with Crippen LogP contribution in [0, 0.1) is 0 Å². The van der Waals surface area contributed by atoms with E-state index in [2.05, 4.69) is 10.3 Å². The molecule has 2 rings (SSSR count). The van der Waals surface area contributed by atoms with E-state index >= 15 is 0 Å². The number of amides is 1. The van der Waals surface area contributed by atoms with E-state index in [9.17, 15) is 4.79 Å². The van der Waals surface area contributed by atoms with E-state index in [1.807, 2.05) is 17.8 Å². The van der Waals surface area contributed by atoms with Crippen molar-refractivity contribution in [1.29, 1.82) is 0 Å². The molecule has 0 aliphatic carbocycles. The Morgan fingerprint density at radius 2 is 2.30 bits per heavy atom. The standard InChI is InChI=1S/C14H21N3O2S/c15-16-14(18)12-3-1-4-13(11-12)19-8-6-17-5-2-9-20-10-7-17/h1,3-4,11H,2,5-10,15H2,(H,16,18). The van der Waals surface area contributed by atoms with Crippen LogP contribution in [0.25, 0.3) is 0 Å². The lowest BCUT2D eigenvalue weighted by Gasteiger charge is -2.19. The molecule has 0 atom stereocenters. The quantitative estimate of drug-likeness (QED) is 0.484. The number of hydrogen-bond donors (Lipinski definition) is 2. The Kier molecular flexibility index (Phi) is 6.17. The van der Waals surface area contributed by atoms with E-state index in [0.717, 1.165) is 19.6 Å². The van der Waals surface area contributed by atoms with Crippen molar-refractivity contribution in [3.63, 3.8) is 0 Å². The van der Waals surface area contributed by atoms with Crippen molar-refractivity contribution >= 4 is 17.7 Å². The van der Waals surface area contributed by atoms with Gasteiger partial charge in [0.15, 0.2) is 0 Å². The summed E-state index contributed by atoms with van der Waals surface area (Å²) in [6, 6.07) is 7.07. The first-order chi connectivity index (χ1) is 9.79. The molecule has 1 heterocycles. The predicted molar refractivity (Wildman–Crippen MR) is 82.0 cm³/mol. The molecular weight excluding hydrogens is 274 g/mol. The van der Waals surface area contributed by atoms with Crippen LogP contribution in [0.15, 0.2) is 24.3 Å². The minimum Gasteiger partial charge on any atom is -0.492 e. The molecule has 1 aromatic carbocycles. The van der Waals surface area contributed by atoms with Gasteiger partial charge in [0.25, 0.3) is 5.91 Å². The first-order valence-corrected chi connectivity index (χ1v) is 7.99. The Hall–Kier alpha value is -1.24. The molecule has 1 aliphatic heterocycles. The fraction of sp³-hybridized carbons (Fsp3) is 0.500. The maximum Gasteiger partial charge on any atom is 0.265 e. The van der Waals surface area contributed by atoms with Crippen LogP contribution >= 0.6 is 11.8 Å². The maximum atomic E-state index is 11.4. The zero-order valence-electron chi connectivity index (χ0n) is 11.5. The highest BCUT2D eigenvalue weighted by atomic mass is 32.2. The van der Waals surface area contributed by atoms with Crippen molar-refractivity contribution in [3.05, 3.63) is 29.8 Å². The molecule has 0 unspecified atom stereocenters. The predicted octanol–water partition coefficient (Wildman–Crippen LogP) is 1.11. The van der Waals surface area contributed by atoms with Crippen molar-refractivity contribution in [3.8, 4) is 5.75 Å². The highest BCUT2D eigenvalue weighted by Crippen LogP contribution is 2.14.